The minimum absolute atomic E-state index is 0.0577. The van der Waals surface area contributed by atoms with Crippen molar-refractivity contribution in [2.45, 2.75) is 43.9 Å². The first-order valence-corrected chi connectivity index (χ1v) is 11.7. The van der Waals surface area contributed by atoms with Gasteiger partial charge in [-0.25, -0.2) is 8.78 Å². The number of likely N-dealkylation sites (tertiary alicyclic amines) is 1. The molecular formula is C27H30F2N2O2. The van der Waals surface area contributed by atoms with Crippen molar-refractivity contribution in [3.05, 3.63) is 77.4 Å². The lowest BCUT2D eigenvalue weighted by Gasteiger charge is -2.33. The fraction of sp³-hybridized carbons (Fsp3) is 0.407. The zero-order chi connectivity index (χ0) is 23.3. The number of hydrogen-bond donors (Lipinski definition) is 1. The van der Waals surface area contributed by atoms with Gasteiger partial charge in [-0.3, -0.25) is 9.59 Å². The predicted octanol–water partition coefficient (Wildman–Crippen LogP) is 4.84. The number of rotatable bonds is 6. The molecule has 2 aromatic carbocycles. The molecule has 1 aliphatic carbocycles. The summed E-state index contributed by atoms with van der Waals surface area (Å²) in [6, 6.07) is 13.6. The summed E-state index contributed by atoms with van der Waals surface area (Å²) >= 11 is 0. The van der Waals surface area contributed by atoms with Gasteiger partial charge in [0.1, 0.15) is 11.6 Å². The maximum atomic E-state index is 14.5. The molecule has 33 heavy (non-hydrogen) atoms. The summed E-state index contributed by atoms with van der Waals surface area (Å²) in [6.07, 6.45) is 7.63. The Labute approximate surface area is 193 Å². The molecule has 1 saturated carbocycles. The van der Waals surface area contributed by atoms with Gasteiger partial charge in [-0.15, -0.1) is 0 Å². The van der Waals surface area contributed by atoms with Crippen molar-refractivity contribution in [1.29, 1.82) is 0 Å². The van der Waals surface area contributed by atoms with E-state index in [1.165, 1.54) is 18.2 Å². The number of piperidine rings is 1. The van der Waals surface area contributed by atoms with Gasteiger partial charge in [0, 0.05) is 42.6 Å². The second-order valence-corrected chi connectivity index (χ2v) is 9.15. The maximum Gasteiger partial charge on any atom is 0.246 e. The van der Waals surface area contributed by atoms with E-state index in [1.54, 1.807) is 17.1 Å². The van der Waals surface area contributed by atoms with E-state index in [-0.39, 0.29) is 29.8 Å². The van der Waals surface area contributed by atoms with E-state index in [0.717, 1.165) is 18.4 Å². The number of hydrogen-bond acceptors (Lipinski definition) is 2. The Balaban J connectivity index is 1.32. The normalized spacial score (nSPS) is 18.5. The van der Waals surface area contributed by atoms with E-state index in [1.807, 2.05) is 30.3 Å². The third-order valence-corrected chi connectivity index (χ3v) is 7.05. The summed E-state index contributed by atoms with van der Waals surface area (Å²) in [4.78, 5) is 27.1. The Bertz CT molecular complexity index is 988. The van der Waals surface area contributed by atoms with E-state index >= 15 is 0 Å². The first-order valence-electron chi connectivity index (χ1n) is 11.7. The van der Waals surface area contributed by atoms with Crippen LogP contribution >= 0.6 is 0 Å². The third-order valence-electron chi connectivity index (χ3n) is 7.05. The quantitative estimate of drug-likeness (QED) is 0.638. The van der Waals surface area contributed by atoms with Crippen molar-refractivity contribution in [2.75, 3.05) is 19.6 Å². The molecule has 1 saturated heterocycles. The molecule has 6 heteroatoms. The van der Waals surface area contributed by atoms with Crippen LogP contribution in [0.1, 0.15) is 49.7 Å². The Morgan fingerprint density at radius 3 is 2.24 bits per heavy atom. The third kappa shape index (κ3) is 5.32. The molecule has 0 unspecified atom stereocenters. The Morgan fingerprint density at radius 1 is 0.970 bits per heavy atom. The molecule has 2 amide bonds. The van der Waals surface area contributed by atoms with Crippen LogP contribution in [0.25, 0.3) is 6.08 Å². The van der Waals surface area contributed by atoms with Crippen LogP contribution in [0, 0.1) is 17.6 Å². The number of carbonyl (C=O) groups is 2. The average Bonchev–Trinajstić information content (AvgIpc) is 3.31. The molecule has 0 aromatic heterocycles. The highest BCUT2D eigenvalue weighted by Gasteiger charge is 2.40. The van der Waals surface area contributed by atoms with Gasteiger partial charge in [0.15, 0.2) is 0 Å². The van der Waals surface area contributed by atoms with Crippen LogP contribution in [-0.2, 0) is 15.0 Å². The summed E-state index contributed by atoms with van der Waals surface area (Å²) < 4.78 is 29.0. The standard InChI is InChI=1S/C27H30F2N2O2/c28-22-9-6-10-23(29)25(22)27(15-4-5-16-27)19-30-26(33)21-13-17-31(18-14-21)24(32)12-11-20-7-2-1-3-8-20/h1-3,6-12,21H,4-5,13-19H2,(H,30,33)/b12-11+. The van der Waals surface area contributed by atoms with Crippen LogP contribution in [0.5, 0.6) is 0 Å². The molecule has 4 nitrogen and oxygen atoms in total. The molecule has 4 rings (SSSR count). The SMILES string of the molecule is O=C(NCC1(c2c(F)cccc2F)CCCC1)C1CCN(C(=O)/C=C/c2ccccc2)CC1. The first kappa shape index (κ1) is 23.1. The van der Waals surface area contributed by atoms with Gasteiger partial charge in [0.2, 0.25) is 11.8 Å². The number of amides is 2. The van der Waals surface area contributed by atoms with Crippen molar-refractivity contribution < 1.29 is 18.4 Å². The minimum atomic E-state index is -0.690. The van der Waals surface area contributed by atoms with Gasteiger partial charge < -0.3 is 10.2 Å². The van der Waals surface area contributed by atoms with Gasteiger partial charge in [-0.1, -0.05) is 49.2 Å². The molecule has 1 aliphatic heterocycles. The van der Waals surface area contributed by atoms with Crippen LogP contribution in [0.3, 0.4) is 0 Å². The Kier molecular flexibility index (Phi) is 7.21. The topological polar surface area (TPSA) is 49.4 Å². The largest absolute Gasteiger partial charge is 0.355 e. The van der Waals surface area contributed by atoms with Gasteiger partial charge in [-0.2, -0.15) is 0 Å². The lowest BCUT2D eigenvalue weighted by atomic mass is 9.78. The number of nitrogens with one attached hydrogen (secondary N) is 1. The summed E-state index contributed by atoms with van der Waals surface area (Å²) in [7, 11) is 0. The van der Waals surface area contributed by atoms with E-state index in [0.29, 0.717) is 38.8 Å². The molecule has 1 heterocycles. The summed E-state index contributed by atoms with van der Waals surface area (Å²) in [5.41, 5.74) is 0.380. The van der Waals surface area contributed by atoms with Crippen molar-refractivity contribution >= 4 is 17.9 Å². The average molecular weight is 453 g/mol. The zero-order valence-corrected chi connectivity index (χ0v) is 18.7. The highest BCUT2D eigenvalue weighted by molar-refractivity contribution is 5.92. The molecule has 174 valence electrons. The number of carbonyl (C=O) groups excluding carboxylic acids is 2. The molecule has 0 bridgehead atoms. The van der Waals surface area contributed by atoms with Crippen LogP contribution < -0.4 is 5.32 Å². The van der Waals surface area contributed by atoms with Gasteiger partial charge in [0.05, 0.1) is 0 Å². The summed E-state index contributed by atoms with van der Waals surface area (Å²) in [5, 5.41) is 2.99. The van der Waals surface area contributed by atoms with Crippen molar-refractivity contribution in [3.63, 3.8) is 0 Å². The first-order chi connectivity index (χ1) is 16.0. The number of benzene rings is 2. The minimum Gasteiger partial charge on any atom is -0.355 e. The molecule has 0 radical (unpaired) electrons. The van der Waals surface area contributed by atoms with E-state index in [2.05, 4.69) is 5.32 Å². The smallest absolute Gasteiger partial charge is 0.246 e. The monoisotopic (exact) mass is 452 g/mol. The van der Waals surface area contributed by atoms with Crippen molar-refractivity contribution in [1.82, 2.24) is 10.2 Å². The molecule has 2 aliphatic rings. The van der Waals surface area contributed by atoms with E-state index < -0.39 is 17.0 Å². The number of halogens is 2. The van der Waals surface area contributed by atoms with E-state index in [4.69, 9.17) is 0 Å². The molecule has 2 aromatic rings. The molecule has 2 fully saturated rings. The fourth-order valence-corrected chi connectivity index (χ4v) is 5.17. The highest BCUT2D eigenvalue weighted by Crippen LogP contribution is 2.43. The van der Waals surface area contributed by atoms with Crippen LogP contribution in [-0.4, -0.2) is 36.3 Å². The summed E-state index contributed by atoms with van der Waals surface area (Å²) in [6.45, 7) is 1.27. The fourth-order valence-electron chi connectivity index (χ4n) is 5.17. The lowest BCUT2D eigenvalue weighted by molar-refractivity contribution is -0.132. The van der Waals surface area contributed by atoms with E-state index in [9.17, 15) is 18.4 Å². The Hall–Kier alpha value is -3.02. The molecule has 1 N–H and O–H groups in total. The van der Waals surface area contributed by atoms with Gasteiger partial charge in [-0.05, 0) is 49.5 Å². The van der Waals surface area contributed by atoms with Crippen LogP contribution in [0.15, 0.2) is 54.6 Å². The van der Waals surface area contributed by atoms with Crippen LogP contribution in [0.4, 0.5) is 8.78 Å². The number of nitrogens with zero attached hydrogens (tertiary/aromatic N) is 1. The zero-order valence-electron chi connectivity index (χ0n) is 18.7. The van der Waals surface area contributed by atoms with Crippen LogP contribution in [0.2, 0.25) is 0 Å². The van der Waals surface area contributed by atoms with Crippen molar-refractivity contribution in [3.8, 4) is 0 Å². The predicted molar refractivity (Wildman–Crippen MR) is 124 cm³/mol. The molecule has 0 spiro atoms. The lowest BCUT2D eigenvalue weighted by Crippen LogP contribution is -2.46. The molecule has 0 atom stereocenters. The second-order valence-electron chi connectivity index (χ2n) is 9.15. The van der Waals surface area contributed by atoms with Gasteiger partial charge >= 0.3 is 0 Å². The maximum absolute atomic E-state index is 14.5. The van der Waals surface area contributed by atoms with Gasteiger partial charge in [0.25, 0.3) is 0 Å². The van der Waals surface area contributed by atoms with Crippen molar-refractivity contribution in [2.24, 2.45) is 5.92 Å². The highest BCUT2D eigenvalue weighted by atomic mass is 19.1. The molecular weight excluding hydrogens is 422 g/mol. The second kappa shape index (κ2) is 10.3. The Morgan fingerprint density at radius 2 is 1.61 bits per heavy atom. The summed E-state index contributed by atoms with van der Waals surface area (Å²) in [5.74, 6) is -1.43.